The van der Waals surface area contributed by atoms with E-state index in [-0.39, 0.29) is 24.8 Å². The zero-order chi connectivity index (χ0) is 22.3. The number of hydrogen-bond donors (Lipinski definition) is 0. The van der Waals surface area contributed by atoms with Crippen molar-refractivity contribution in [1.82, 2.24) is 4.98 Å². The third kappa shape index (κ3) is 7.00. The van der Waals surface area contributed by atoms with Crippen LogP contribution in [0, 0.1) is 13.8 Å². The maximum Gasteiger partial charge on any atom is 0.229 e. The first-order chi connectivity index (χ1) is 15.6. The number of pyridine rings is 1. The molecule has 4 rings (SSSR count). The third-order valence-corrected chi connectivity index (χ3v) is 5.83. The Bertz CT molecular complexity index is 1180. The van der Waals surface area contributed by atoms with Crippen molar-refractivity contribution in [1.29, 1.82) is 0 Å². The molecule has 0 saturated carbocycles. The van der Waals surface area contributed by atoms with E-state index in [4.69, 9.17) is 4.74 Å². The molecule has 0 atom stereocenters. The predicted molar refractivity (Wildman–Crippen MR) is 136 cm³/mol. The Balaban J connectivity index is 0.00000204. The van der Waals surface area contributed by atoms with Gasteiger partial charge in [-0.25, -0.2) is 9.55 Å². The number of rotatable bonds is 8. The zero-order valence-corrected chi connectivity index (χ0v) is 21.6. The highest BCUT2D eigenvalue weighted by Crippen LogP contribution is 2.31. The summed E-state index contributed by atoms with van der Waals surface area (Å²) in [5, 5.41) is 11.2. The Morgan fingerprint density at radius 3 is 2.29 bits per heavy atom. The van der Waals surface area contributed by atoms with Gasteiger partial charge in [-0.2, -0.15) is 0 Å². The van der Waals surface area contributed by atoms with Gasteiger partial charge in [0.1, 0.15) is 5.75 Å². The van der Waals surface area contributed by atoms with Gasteiger partial charge in [-0.1, -0.05) is 0 Å². The lowest BCUT2D eigenvalue weighted by Crippen LogP contribution is -3.00. The fourth-order valence-electron chi connectivity index (χ4n) is 3.35. The van der Waals surface area contributed by atoms with Crippen LogP contribution in [0.5, 0.6) is 5.75 Å². The molecule has 0 aliphatic heterocycles. The molecule has 0 bridgehead atoms. The van der Waals surface area contributed by atoms with Crippen molar-refractivity contribution in [3.63, 3.8) is 0 Å². The molecule has 0 saturated heterocycles. The normalized spacial score (nSPS) is 10.4. The summed E-state index contributed by atoms with van der Waals surface area (Å²) >= 11 is 1.47. The molecule has 34 heavy (non-hydrogen) atoms. The molecule has 0 aliphatic rings. The van der Waals surface area contributed by atoms with Crippen LogP contribution in [0.25, 0.3) is 0 Å². The molecule has 9 heteroatoms. The lowest BCUT2D eigenvalue weighted by atomic mass is 10.1. The molecule has 0 spiro atoms. The summed E-state index contributed by atoms with van der Waals surface area (Å²) in [7, 11) is 1.68. The molecule has 4 aromatic rings. The molecule has 0 radical (unpaired) electrons. The molecular formula is C25H27Cl2N5OS. The van der Waals surface area contributed by atoms with Gasteiger partial charge in [-0.15, -0.1) is 34.0 Å². The van der Waals surface area contributed by atoms with Gasteiger partial charge in [0.25, 0.3) is 0 Å². The van der Waals surface area contributed by atoms with Crippen LogP contribution in [-0.4, -0.2) is 18.6 Å². The van der Waals surface area contributed by atoms with E-state index in [2.05, 4.69) is 87.3 Å². The van der Waals surface area contributed by atoms with Gasteiger partial charge in [0.2, 0.25) is 5.13 Å². The Morgan fingerprint density at radius 2 is 1.68 bits per heavy atom. The first-order valence-corrected chi connectivity index (χ1v) is 11.3. The summed E-state index contributed by atoms with van der Waals surface area (Å²) in [5.74, 6) is 0.843. The Morgan fingerprint density at radius 1 is 0.971 bits per heavy atom. The number of aromatic nitrogens is 2. The van der Waals surface area contributed by atoms with E-state index in [0.717, 1.165) is 41.5 Å². The number of halogens is 2. The summed E-state index contributed by atoms with van der Waals surface area (Å²) in [6.07, 6.45) is 5.97. The minimum Gasteiger partial charge on any atom is -1.00 e. The number of aryl methyl sites for hydroxylation is 2. The van der Waals surface area contributed by atoms with Crippen LogP contribution in [0.4, 0.5) is 22.2 Å². The first kappa shape index (κ1) is 27.2. The monoisotopic (exact) mass is 515 g/mol. The van der Waals surface area contributed by atoms with Crippen LogP contribution >= 0.6 is 23.7 Å². The minimum atomic E-state index is 0. The molecule has 2 heterocycles. The zero-order valence-electron chi connectivity index (χ0n) is 19.3. The molecule has 2 aromatic heterocycles. The average molecular weight is 516 g/mol. The number of hydrogen-bond acceptors (Lipinski definition) is 6. The van der Waals surface area contributed by atoms with Crippen molar-refractivity contribution in [2.24, 2.45) is 10.2 Å². The average Bonchev–Trinajstić information content (AvgIpc) is 3.34. The SMILES string of the molecule is COc1ccc(N(CC[n+]2ccc(C)cc2)c2ccc(/N=N/c3nccs3)c(C)c2)cc1.Cl.[Cl-]. The number of nitrogens with zero attached hydrogens (tertiary/aromatic N) is 5. The summed E-state index contributed by atoms with van der Waals surface area (Å²) in [6, 6.07) is 18.7. The fraction of sp³-hybridized carbons (Fsp3) is 0.200. The number of benzene rings is 2. The largest absolute Gasteiger partial charge is 1.00 e. The lowest BCUT2D eigenvalue weighted by Gasteiger charge is -2.24. The number of methoxy groups -OCH3 is 1. The van der Waals surface area contributed by atoms with E-state index in [1.165, 1.54) is 16.9 Å². The second-order valence-electron chi connectivity index (χ2n) is 7.45. The maximum absolute atomic E-state index is 5.34. The second-order valence-corrected chi connectivity index (χ2v) is 8.32. The van der Waals surface area contributed by atoms with E-state index >= 15 is 0 Å². The molecule has 0 N–H and O–H groups in total. The maximum atomic E-state index is 5.34. The topological polar surface area (TPSA) is 54.0 Å². The van der Waals surface area contributed by atoms with Gasteiger partial charge in [0.15, 0.2) is 18.9 Å². The number of thiazole rings is 1. The van der Waals surface area contributed by atoms with Crippen molar-refractivity contribution < 1.29 is 21.7 Å². The Hall–Kier alpha value is -3.00. The Kier molecular flexibility index (Phi) is 10.4. The van der Waals surface area contributed by atoms with Crippen molar-refractivity contribution >= 4 is 45.9 Å². The smallest absolute Gasteiger partial charge is 0.229 e. The second kappa shape index (κ2) is 13.0. The van der Waals surface area contributed by atoms with E-state index in [1.807, 2.05) is 23.6 Å². The van der Waals surface area contributed by atoms with Crippen LogP contribution in [0.3, 0.4) is 0 Å². The summed E-state index contributed by atoms with van der Waals surface area (Å²) in [5.41, 5.74) is 5.37. The summed E-state index contributed by atoms with van der Waals surface area (Å²) in [6.45, 7) is 5.83. The van der Waals surface area contributed by atoms with Gasteiger partial charge in [0, 0.05) is 35.1 Å². The molecule has 0 fully saturated rings. The third-order valence-electron chi connectivity index (χ3n) is 5.18. The highest BCUT2D eigenvalue weighted by Gasteiger charge is 2.14. The van der Waals surface area contributed by atoms with Crippen LogP contribution in [0.2, 0.25) is 0 Å². The van der Waals surface area contributed by atoms with Gasteiger partial charge in [-0.3, -0.25) is 0 Å². The van der Waals surface area contributed by atoms with Crippen molar-refractivity contribution in [2.45, 2.75) is 20.4 Å². The summed E-state index contributed by atoms with van der Waals surface area (Å²) in [4.78, 5) is 6.46. The van der Waals surface area contributed by atoms with Crippen molar-refractivity contribution in [3.05, 3.63) is 89.7 Å². The van der Waals surface area contributed by atoms with E-state index < -0.39 is 0 Å². The first-order valence-electron chi connectivity index (χ1n) is 10.4. The van der Waals surface area contributed by atoms with E-state index in [9.17, 15) is 0 Å². The molecule has 178 valence electrons. The predicted octanol–water partition coefficient (Wildman–Crippen LogP) is 3.74. The van der Waals surface area contributed by atoms with Crippen LogP contribution in [-0.2, 0) is 6.54 Å². The Labute approximate surface area is 216 Å². The number of anilines is 2. The van der Waals surface area contributed by atoms with Crippen LogP contribution in [0.1, 0.15) is 11.1 Å². The molecule has 6 nitrogen and oxygen atoms in total. The van der Waals surface area contributed by atoms with E-state index in [0.29, 0.717) is 5.13 Å². The van der Waals surface area contributed by atoms with Gasteiger partial charge < -0.3 is 22.0 Å². The lowest BCUT2D eigenvalue weighted by molar-refractivity contribution is -0.694. The highest BCUT2D eigenvalue weighted by atomic mass is 35.5. The quantitative estimate of drug-likeness (QED) is 0.265. The number of azo groups is 1. The fourth-order valence-corrected chi connectivity index (χ4v) is 3.80. The van der Waals surface area contributed by atoms with Crippen molar-refractivity contribution in [3.8, 4) is 5.75 Å². The minimum absolute atomic E-state index is 0. The van der Waals surface area contributed by atoms with Gasteiger partial charge in [0.05, 0.1) is 19.3 Å². The molecule has 2 aromatic carbocycles. The van der Waals surface area contributed by atoms with Crippen LogP contribution < -0.4 is 26.6 Å². The van der Waals surface area contributed by atoms with Crippen molar-refractivity contribution in [2.75, 3.05) is 18.6 Å². The standard InChI is InChI=1S/C25H26N5OS.2ClH/c1-19-10-13-29(14-11-19)15-16-30(21-4-7-23(31-3)8-5-21)22-6-9-24(20(2)18-22)27-28-25-26-12-17-32-25;;/h4-14,17-18H,15-16H2,1-3H3;2*1H/q+1;;/p-1/b28-27+;;. The highest BCUT2D eigenvalue weighted by molar-refractivity contribution is 7.13. The van der Waals surface area contributed by atoms with Crippen LogP contribution in [0.15, 0.2) is 88.8 Å². The molecular weight excluding hydrogens is 489 g/mol. The van der Waals surface area contributed by atoms with E-state index in [1.54, 1.807) is 13.3 Å². The molecule has 0 unspecified atom stereocenters. The summed E-state index contributed by atoms with van der Waals surface area (Å²) < 4.78 is 7.54. The molecule has 0 aliphatic carbocycles. The van der Waals surface area contributed by atoms with Gasteiger partial charge >= 0.3 is 0 Å². The van der Waals surface area contributed by atoms with Gasteiger partial charge in [-0.05, 0) is 67.4 Å². The molecule has 0 amide bonds. The number of ether oxygens (including phenoxy) is 1.